The first kappa shape index (κ1) is 12.7. The number of carbonyl (C=O) groups excluding carboxylic acids is 1. The van der Waals surface area contributed by atoms with E-state index in [1.807, 2.05) is 32.0 Å². The van der Waals surface area contributed by atoms with Crippen LogP contribution in [0.15, 0.2) is 30.3 Å². The van der Waals surface area contributed by atoms with Gasteiger partial charge in [-0.2, -0.15) is 0 Å². The summed E-state index contributed by atoms with van der Waals surface area (Å²) in [5.41, 5.74) is 1.29. The molecule has 0 saturated carbocycles. The average molecular weight is 220 g/mol. The number of nitrogens with one attached hydrogen (secondary N) is 2. The number of benzene rings is 1. The second-order valence-corrected chi connectivity index (χ2v) is 3.81. The fraction of sp³-hybridized carbons (Fsp3) is 0.462. The lowest BCUT2D eigenvalue weighted by Crippen LogP contribution is -2.42. The van der Waals surface area contributed by atoms with Crippen molar-refractivity contribution in [2.75, 3.05) is 13.1 Å². The van der Waals surface area contributed by atoms with Crippen LogP contribution >= 0.6 is 0 Å². The second kappa shape index (κ2) is 7.01. The highest BCUT2D eigenvalue weighted by Crippen LogP contribution is 1.98. The molecule has 0 fully saturated rings. The first-order valence-corrected chi connectivity index (χ1v) is 5.79. The third-order valence-electron chi connectivity index (χ3n) is 2.45. The normalized spacial score (nSPS) is 12.1. The Kier molecular flexibility index (Phi) is 5.57. The summed E-state index contributed by atoms with van der Waals surface area (Å²) in [6.45, 7) is 5.32. The molecule has 1 unspecified atom stereocenters. The minimum atomic E-state index is -0.122. The summed E-state index contributed by atoms with van der Waals surface area (Å²) in [4.78, 5) is 11.4. The number of rotatable bonds is 6. The van der Waals surface area contributed by atoms with E-state index in [0.717, 1.165) is 13.0 Å². The Hall–Kier alpha value is -1.35. The van der Waals surface area contributed by atoms with Gasteiger partial charge in [-0.25, -0.2) is 0 Å². The predicted octanol–water partition coefficient (Wildman–Crippen LogP) is 1.34. The smallest absolute Gasteiger partial charge is 0.236 e. The van der Waals surface area contributed by atoms with Crippen LogP contribution in [0.2, 0.25) is 0 Å². The highest BCUT2D eigenvalue weighted by atomic mass is 16.2. The van der Waals surface area contributed by atoms with Crippen molar-refractivity contribution in [1.82, 2.24) is 10.6 Å². The molecule has 1 rings (SSSR count). The summed E-state index contributed by atoms with van der Waals surface area (Å²) >= 11 is 0. The number of hydrogen-bond acceptors (Lipinski definition) is 2. The van der Waals surface area contributed by atoms with Crippen LogP contribution in [0.25, 0.3) is 0 Å². The first-order valence-electron chi connectivity index (χ1n) is 5.79. The fourth-order valence-electron chi connectivity index (χ4n) is 1.50. The Morgan fingerprint density at radius 3 is 2.62 bits per heavy atom. The maximum atomic E-state index is 11.4. The predicted molar refractivity (Wildman–Crippen MR) is 66.3 cm³/mol. The molecule has 0 saturated heterocycles. The minimum Gasteiger partial charge on any atom is -0.355 e. The number of amides is 1. The summed E-state index contributed by atoms with van der Waals surface area (Å²) in [5.74, 6) is 0.0653. The lowest BCUT2D eigenvalue weighted by atomic mass is 10.1. The van der Waals surface area contributed by atoms with Crippen LogP contribution in [0.1, 0.15) is 19.4 Å². The van der Waals surface area contributed by atoms with Gasteiger partial charge in [0.15, 0.2) is 0 Å². The SMILES string of the molecule is CCNC(=O)C(C)NCCc1ccccc1. The van der Waals surface area contributed by atoms with Crippen molar-refractivity contribution in [1.29, 1.82) is 0 Å². The topological polar surface area (TPSA) is 41.1 Å². The van der Waals surface area contributed by atoms with Gasteiger partial charge in [0.25, 0.3) is 0 Å². The van der Waals surface area contributed by atoms with Crippen molar-refractivity contribution >= 4 is 5.91 Å². The molecule has 88 valence electrons. The van der Waals surface area contributed by atoms with E-state index in [-0.39, 0.29) is 11.9 Å². The van der Waals surface area contributed by atoms with Gasteiger partial charge in [-0.3, -0.25) is 4.79 Å². The van der Waals surface area contributed by atoms with Crippen LogP contribution in [-0.2, 0) is 11.2 Å². The Balaban J connectivity index is 2.23. The van der Waals surface area contributed by atoms with Crippen molar-refractivity contribution < 1.29 is 4.79 Å². The summed E-state index contributed by atoms with van der Waals surface area (Å²) in [5, 5.41) is 6.00. The Morgan fingerprint density at radius 1 is 1.31 bits per heavy atom. The fourth-order valence-corrected chi connectivity index (χ4v) is 1.50. The van der Waals surface area contributed by atoms with Crippen molar-refractivity contribution in [2.24, 2.45) is 0 Å². The Labute approximate surface area is 97.2 Å². The van der Waals surface area contributed by atoms with Crippen LogP contribution in [0.5, 0.6) is 0 Å². The van der Waals surface area contributed by atoms with Gasteiger partial charge in [0.1, 0.15) is 0 Å². The van der Waals surface area contributed by atoms with Gasteiger partial charge in [-0.05, 0) is 32.4 Å². The molecule has 1 aromatic carbocycles. The van der Waals surface area contributed by atoms with Crippen molar-refractivity contribution in [3.8, 4) is 0 Å². The van der Waals surface area contributed by atoms with Crippen molar-refractivity contribution in [3.05, 3.63) is 35.9 Å². The van der Waals surface area contributed by atoms with E-state index >= 15 is 0 Å². The molecule has 1 atom stereocenters. The van der Waals surface area contributed by atoms with Crippen LogP contribution < -0.4 is 10.6 Å². The lowest BCUT2D eigenvalue weighted by Gasteiger charge is -2.12. The molecule has 2 N–H and O–H groups in total. The number of carbonyl (C=O) groups is 1. The highest BCUT2D eigenvalue weighted by molar-refractivity contribution is 5.81. The quantitative estimate of drug-likeness (QED) is 0.759. The first-order chi connectivity index (χ1) is 7.74. The van der Waals surface area contributed by atoms with E-state index in [2.05, 4.69) is 22.8 Å². The molecule has 0 aliphatic rings. The highest BCUT2D eigenvalue weighted by Gasteiger charge is 2.09. The molecule has 16 heavy (non-hydrogen) atoms. The van der Waals surface area contributed by atoms with E-state index in [9.17, 15) is 4.79 Å². The van der Waals surface area contributed by atoms with Gasteiger partial charge in [-0.15, -0.1) is 0 Å². The maximum absolute atomic E-state index is 11.4. The van der Waals surface area contributed by atoms with Gasteiger partial charge in [0, 0.05) is 6.54 Å². The summed E-state index contributed by atoms with van der Waals surface area (Å²) in [6, 6.07) is 10.1. The summed E-state index contributed by atoms with van der Waals surface area (Å²) < 4.78 is 0. The van der Waals surface area contributed by atoms with E-state index in [4.69, 9.17) is 0 Å². The molecule has 0 aromatic heterocycles. The molecule has 1 amide bonds. The largest absolute Gasteiger partial charge is 0.355 e. The van der Waals surface area contributed by atoms with Gasteiger partial charge >= 0.3 is 0 Å². The molecular weight excluding hydrogens is 200 g/mol. The Morgan fingerprint density at radius 2 is 2.00 bits per heavy atom. The maximum Gasteiger partial charge on any atom is 0.236 e. The van der Waals surface area contributed by atoms with E-state index < -0.39 is 0 Å². The van der Waals surface area contributed by atoms with Crippen LogP contribution in [0, 0.1) is 0 Å². The minimum absolute atomic E-state index is 0.0653. The molecule has 0 aliphatic heterocycles. The third kappa shape index (κ3) is 4.45. The zero-order chi connectivity index (χ0) is 11.8. The molecule has 0 heterocycles. The summed E-state index contributed by atoms with van der Waals surface area (Å²) in [6.07, 6.45) is 0.949. The molecule has 0 aliphatic carbocycles. The molecular formula is C13H20N2O. The molecule has 0 spiro atoms. The number of hydrogen-bond donors (Lipinski definition) is 2. The standard InChI is InChI=1S/C13H20N2O/c1-3-14-13(16)11(2)15-10-9-12-7-5-4-6-8-12/h4-8,11,15H,3,9-10H2,1-2H3,(H,14,16). The monoisotopic (exact) mass is 220 g/mol. The lowest BCUT2D eigenvalue weighted by molar-refractivity contribution is -0.122. The average Bonchev–Trinajstić information content (AvgIpc) is 2.30. The van der Waals surface area contributed by atoms with Crippen LogP contribution in [0.3, 0.4) is 0 Å². The van der Waals surface area contributed by atoms with E-state index in [1.54, 1.807) is 0 Å². The molecule has 0 bridgehead atoms. The molecule has 1 aromatic rings. The van der Waals surface area contributed by atoms with E-state index in [0.29, 0.717) is 6.54 Å². The third-order valence-corrected chi connectivity index (χ3v) is 2.45. The molecule has 3 nitrogen and oxygen atoms in total. The van der Waals surface area contributed by atoms with Gasteiger partial charge in [0.05, 0.1) is 6.04 Å². The number of likely N-dealkylation sites (N-methyl/N-ethyl adjacent to an activating group) is 1. The van der Waals surface area contributed by atoms with E-state index in [1.165, 1.54) is 5.56 Å². The van der Waals surface area contributed by atoms with Crippen LogP contribution in [0.4, 0.5) is 0 Å². The molecule has 3 heteroatoms. The van der Waals surface area contributed by atoms with Crippen molar-refractivity contribution in [3.63, 3.8) is 0 Å². The van der Waals surface area contributed by atoms with Gasteiger partial charge < -0.3 is 10.6 Å². The van der Waals surface area contributed by atoms with Gasteiger partial charge in [0.2, 0.25) is 5.91 Å². The summed E-state index contributed by atoms with van der Waals surface area (Å²) in [7, 11) is 0. The van der Waals surface area contributed by atoms with Crippen LogP contribution in [-0.4, -0.2) is 25.0 Å². The zero-order valence-electron chi connectivity index (χ0n) is 9.99. The zero-order valence-corrected chi connectivity index (χ0v) is 9.99. The van der Waals surface area contributed by atoms with Crippen molar-refractivity contribution in [2.45, 2.75) is 26.3 Å². The second-order valence-electron chi connectivity index (χ2n) is 3.81. The molecule has 0 radical (unpaired) electrons. The van der Waals surface area contributed by atoms with Gasteiger partial charge in [-0.1, -0.05) is 30.3 Å². The Bertz CT molecular complexity index is 311.